The van der Waals surface area contributed by atoms with E-state index in [1.165, 1.54) is 0 Å². The van der Waals surface area contributed by atoms with E-state index in [1.54, 1.807) is 34.9 Å². The van der Waals surface area contributed by atoms with Crippen molar-refractivity contribution in [1.29, 1.82) is 0 Å². The zero-order valence-corrected chi connectivity index (χ0v) is 14.5. The minimum Gasteiger partial charge on any atom is -0.354 e. The molecule has 1 fully saturated rings. The highest BCUT2D eigenvalue weighted by atomic mass is 32.2. The van der Waals surface area contributed by atoms with Gasteiger partial charge in [0.2, 0.25) is 16.0 Å². The van der Waals surface area contributed by atoms with Gasteiger partial charge in [-0.15, -0.1) is 0 Å². The average molecular weight is 346 g/mol. The van der Waals surface area contributed by atoms with Crippen LogP contribution in [0.25, 0.3) is 0 Å². The van der Waals surface area contributed by atoms with Crippen molar-refractivity contribution in [2.75, 3.05) is 25.0 Å². The molecule has 2 aromatic rings. The Kier molecular flexibility index (Phi) is 5.11. The Balaban J connectivity index is 1.55. The fraction of sp³-hybridized carbons (Fsp3) is 0.412. The number of aromatic nitrogens is 2. The summed E-state index contributed by atoms with van der Waals surface area (Å²) in [6.45, 7) is 3.82. The molecule has 6 nitrogen and oxygen atoms in total. The summed E-state index contributed by atoms with van der Waals surface area (Å²) in [4.78, 5) is 8.65. The predicted octanol–water partition coefficient (Wildman–Crippen LogP) is 2.30. The fourth-order valence-electron chi connectivity index (χ4n) is 2.84. The van der Waals surface area contributed by atoms with E-state index in [1.807, 2.05) is 19.1 Å². The van der Waals surface area contributed by atoms with Gasteiger partial charge in [-0.1, -0.05) is 17.7 Å². The van der Waals surface area contributed by atoms with Crippen molar-refractivity contribution in [2.24, 2.45) is 5.92 Å². The lowest BCUT2D eigenvalue weighted by Gasteiger charge is -2.31. The summed E-state index contributed by atoms with van der Waals surface area (Å²) in [5.74, 6) is 1.05. The molecule has 128 valence electrons. The Hall–Kier alpha value is -1.99. The van der Waals surface area contributed by atoms with Crippen LogP contribution in [0.3, 0.4) is 0 Å². The summed E-state index contributed by atoms with van der Waals surface area (Å²) < 4.78 is 26.9. The topological polar surface area (TPSA) is 75.2 Å². The number of benzene rings is 1. The SMILES string of the molecule is Cc1ccc(S(=O)(=O)N2CCC(CNc3ncccn3)CC2)cc1. The van der Waals surface area contributed by atoms with Crippen LogP contribution in [0.2, 0.25) is 0 Å². The molecular formula is C17H22N4O2S. The van der Waals surface area contributed by atoms with Crippen LogP contribution < -0.4 is 5.32 Å². The van der Waals surface area contributed by atoms with Crippen LogP contribution in [0.4, 0.5) is 5.95 Å². The molecule has 7 heteroatoms. The second-order valence-electron chi connectivity index (χ2n) is 6.11. The first-order valence-electron chi connectivity index (χ1n) is 8.13. The van der Waals surface area contributed by atoms with E-state index >= 15 is 0 Å². The second kappa shape index (κ2) is 7.27. The summed E-state index contributed by atoms with van der Waals surface area (Å²) in [5, 5.41) is 3.22. The first-order chi connectivity index (χ1) is 11.6. The third kappa shape index (κ3) is 3.91. The highest BCUT2D eigenvalue weighted by Crippen LogP contribution is 2.24. The number of aryl methyl sites for hydroxylation is 1. The summed E-state index contributed by atoms with van der Waals surface area (Å²) >= 11 is 0. The van der Waals surface area contributed by atoms with Gasteiger partial charge in [0.05, 0.1) is 4.90 Å². The van der Waals surface area contributed by atoms with E-state index in [-0.39, 0.29) is 0 Å². The van der Waals surface area contributed by atoms with Gasteiger partial charge in [-0.2, -0.15) is 4.31 Å². The minimum absolute atomic E-state index is 0.377. The second-order valence-corrected chi connectivity index (χ2v) is 8.05. The summed E-state index contributed by atoms with van der Waals surface area (Å²) in [6, 6.07) is 8.82. The molecule has 3 rings (SSSR count). The Labute approximate surface area is 143 Å². The molecule has 24 heavy (non-hydrogen) atoms. The van der Waals surface area contributed by atoms with Gasteiger partial charge in [-0.25, -0.2) is 18.4 Å². The lowest BCUT2D eigenvalue weighted by Crippen LogP contribution is -2.39. The minimum atomic E-state index is -3.38. The van der Waals surface area contributed by atoms with Crippen LogP contribution in [0.5, 0.6) is 0 Å². The zero-order chi connectivity index (χ0) is 17.0. The van der Waals surface area contributed by atoms with Crippen LogP contribution in [0.15, 0.2) is 47.6 Å². The molecule has 0 amide bonds. The Morgan fingerprint density at radius 1 is 1.12 bits per heavy atom. The van der Waals surface area contributed by atoms with Crippen molar-refractivity contribution in [3.63, 3.8) is 0 Å². The third-order valence-corrected chi connectivity index (χ3v) is 6.26. The van der Waals surface area contributed by atoms with E-state index in [0.29, 0.717) is 29.9 Å². The highest BCUT2D eigenvalue weighted by molar-refractivity contribution is 7.89. The summed E-state index contributed by atoms with van der Waals surface area (Å²) in [7, 11) is -3.38. The van der Waals surface area contributed by atoms with E-state index in [4.69, 9.17) is 0 Å². The van der Waals surface area contributed by atoms with Gasteiger partial charge in [0.15, 0.2) is 0 Å². The molecule has 0 saturated carbocycles. The molecule has 0 aliphatic carbocycles. The van der Waals surface area contributed by atoms with Gasteiger partial charge in [0, 0.05) is 32.0 Å². The van der Waals surface area contributed by atoms with E-state index in [2.05, 4.69) is 15.3 Å². The predicted molar refractivity (Wildman–Crippen MR) is 93.2 cm³/mol. The summed E-state index contributed by atoms with van der Waals surface area (Å²) in [5.41, 5.74) is 1.06. The Morgan fingerprint density at radius 2 is 1.75 bits per heavy atom. The van der Waals surface area contributed by atoms with Crippen molar-refractivity contribution < 1.29 is 8.42 Å². The normalized spacial score (nSPS) is 16.9. The molecule has 1 aliphatic rings. The largest absolute Gasteiger partial charge is 0.354 e. The number of piperidine rings is 1. The van der Waals surface area contributed by atoms with Crippen LogP contribution >= 0.6 is 0 Å². The maximum Gasteiger partial charge on any atom is 0.243 e. The van der Waals surface area contributed by atoms with E-state index in [9.17, 15) is 8.42 Å². The van der Waals surface area contributed by atoms with Crippen LogP contribution in [-0.4, -0.2) is 42.3 Å². The molecule has 0 unspecified atom stereocenters. The van der Waals surface area contributed by atoms with Gasteiger partial charge in [-0.05, 0) is 43.9 Å². The molecule has 0 bridgehead atoms. The smallest absolute Gasteiger partial charge is 0.243 e. The van der Waals surface area contributed by atoms with Gasteiger partial charge < -0.3 is 5.32 Å². The number of rotatable bonds is 5. The maximum absolute atomic E-state index is 12.7. The molecule has 0 atom stereocenters. The van der Waals surface area contributed by atoms with E-state index < -0.39 is 10.0 Å². The number of nitrogens with one attached hydrogen (secondary N) is 1. The molecule has 1 N–H and O–H groups in total. The molecule has 1 aromatic carbocycles. The zero-order valence-electron chi connectivity index (χ0n) is 13.7. The number of anilines is 1. The molecule has 0 spiro atoms. The van der Waals surface area contributed by atoms with Crippen LogP contribution in [0, 0.1) is 12.8 Å². The lowest BCUT2D eigenvalue weighted by atomic mass is 9.98. The fourth-order valence-corrected chi connectivity index (χ4v) is 4.31. The third-order valence-electron chi connectivity index (χ3n) is 4.35. The van der Waals surface area contributed by atoms with Crippen molar-refractivity contribution in [3.05, 3.63) is 48.3 Å². The van der Waals surface area contributed by atoms with Crippen molar-refractivity contribution in [2.45, 2.75) is 24.7 Å². The highest BCUT2D eigenvalue weighted by Gasteiger charge is 2.29. The molecule has 1 aromatic heterocycles. The van der Waals surface area contributed by atoms with Crippen molar-refractivity contribution in [3.8, 4) is 0 Å². The number of hydrogen-bond acceptors (Lipinski definition) is 5. The van der Waals surface area contributed by atoms with Crippen molar-refractivity contribution in [1.82, 2.24) is 14.3 Å². The molecule has 0 radical (unpaired) electrons. The monoisotopic (exact) mass is 346 g/mol. The molecule has 1 aliphatic heterocycles. The molecule has 1 saturated heterocycles. The lowest BCUT2D eigenvalue weighted by molar-refractivity contribution is 0.282. The van der Waals surface area contributed by atoms with Gasteiger partial charge >= 0.3 is 0 Å². The summed E-state index contributed by atoms with van der Waals surface area (Å²) in [6.07, 6.45) is 5.08. The van der Waals surface area contributed by atoms with Gasteiger partial charge in [0.1, 0.15) is 0 Å². The maximum atomic E-state index is 12.7. The standard InChI is InChI=1S/C17H22N4O2S/c1-14-3-5-16(6-4-14)24(22,23)21-11-7-15(8-12-21)13-20-17-18-9-2-10-19-17/h2-6,9-10,15H,7-8,11-13H2,1H3,(H,18,19,20). The first kappa shape index (κ1) is 16.9. The number of hydrogen-bond donors (Lipinski definition) is 1. The average Bonchev–Trinajstić information content (AvgIpc) is 2.61. The molecular weight excluding hydrogens is 324 g/mol. The van der Waals surface area contributed by atoms with E-state index in [0.717, 1.165) is 24.9 Å². The van der Waals surface area contributed by atoms with Crippen LogP contribution in [0.1, 0.15) is 18.4 Å². The first-order valence-corrected chi connectivity index (χ1v) is 9.57. The molecule has 2 heterocycles. The van der Waals surface area contributed by atoms with Gasteiger partial charge in [0.25, 0.3) is 0 Å². The van der Waals surface area contributed by atoms with Crippen molar-refractivity contribution >= 4 is 16.0 Å². The van der Waals surface area contributed by atoms with Gasteiger partial charge in [-0.3, -0.25) is 0 Å². The Bertz CT molecular complexity index is 755. The quantitative estimate of drug-likeness (QED) is 0.899. The number of sulfonamides is 1. The van der Waals surface area contributed by atoms with Crippen LogP contribution in [-0.2, 0) is 10.0 Å². The Morgan fingerprint density at radius 3 is 2.38 bits per heavy atom. The number of nitrogens with zero attached hydrogens (tertiary/aromatic N) is 3.